The average molecular weight is 514 g/mol. The van der Waals surface area contributed by atoms with Crippen molar-refractivity contribution in [3.8, 4) is 5.88 Å². The third kappa shape index (κ3) is 4.21. The van der Waals surface area contributed by atoms with E-state index >= 15 is 0 Å². The molecule has 5 rings (SSSR count). The Kier molecular flexibility index (Phi) is 5.69. The summed E-state index contributed by atoms with van der Waals surface area (Å²) in [5.74, 6) is 0.00605. The quantitative estimate of drug-likeness (QED) is 0.489. The summed E-state index contributed by atoms with van der Waals surface area (Å²) in [5.41, 5.74) is 2.93. The molecule has 0 spiro atoms. The molecule has 11 heteroatoms. The lowest BCUT2D eigenvalue weighted by molar-refractivity contribution is 0.0932. The van der Waals surface area contributed by atoms with Crippen LogP contribution in [0.4, 0.5) is 22.1 Å². The molecule has 0 aliphatic carbocycles. The molecule has 0 saturated heterocycles. The number of benzene rings is 2. The second-order valence-corrected chi connectivity index (χ2v) is 9.82. The molecular formula is C24H21Cl2N5O4. The molecule has 0 fully saturated rings. The van der Waals surface area contributed by atoms with Crippen molar-refractivity contribution in [1.82, 2.24) is 14.9 Å². The predicted molar refractivity (Wildman–Crippen MR) is 132 cm³/mol. The van der Waals surface area contributed by atoms with Crippen molar-refractivity contribution in [3.63, 3.8) is 0 Å². The molecule has 2 amide bonds. The lowest BCUT2D eigenvalue weighted by Crippen LogP contribution is -2.44. The Balaban J connectivity index is 1.39. The summed E-state index contributed by atoms with van der Waals surface area (Å²) in [6.07, 6.45) is 0.437. The predicted octanol–water partition coefficient (Wildman–Crippen LogP) is 5.29. The smallest absolute Gasteiger partial charge is 0.407 e. The van der Waals surface area contributed by atoms with Crippen LogP contribution in [0.15, 0.2) is 42.6 Å². The molecule has 2 N–H and O–H groups in total. The Morgan fingerprint density at radius 3 is 2.66 bits per heavy atom. The van der Waals surface area contributed by atoms with Crippen LogP contribution in [0.2, 0.25) is 10.0 Å². The van der Waals surface area contributed by atoms with Crippen LogP contribution in [0.5, 0.6) is 5.88 Å². The third-order valence-corrected chi connectivity index (χ3v) is 6.69. The number of aromatic nitrogens is 2. The number of amides is 2. The second kappa shape index (κ2) is 8.58. The van der Waals surface area contributed by atoms with Crippen LogP contribution in [0.3, 0.4) is 0 Å². The van der Waals surface area contributed by atoms with Gasteiger partial charge in [-0.05, 0) is 35.4 Å². The first kappa shape index (κ1) is 23.2. The summed E-state index contributed by atoms with van der Waals surface area (Å²) in [5, 5.41) is 13.3. The van der Waals surface area contributed by atoms with Gasteiger partial charge in [0.05, 0.1) is 15.7 Å². The lowest BCUT2D eigenvalue weighted by Gasteiger charge is -2.38. The number of anilines is 3. The largest absolute Gasteiger partial charge is 0.465 e. The topological polar surface area (TPSA) is 108 Å². The zero-order chi connectivity index (χ0) is 24.9. The number of hydrogen-bond donors (Lipinski definition) is 2. The molecule has 0 unspecified atom stereocenters. The normalized spacial score (nSPS) is 16.3. The summed E-state index contributed by atoms with van der Waals surface area (Å²) in [4.78, 5) is 36.0. The molecule has 1 aromatic heterocycles. The van der Waals surface area contributed by atoms with Gasteiger partial charge in [0.15, 0.2) is 6.73 Å². The highest BCUT2D eigenvalue weighted by atomic mass is 35.5. The molecule has 35 heavy (non-hydrogen) atoms. The number of carbonyl (C=O) groups excluding carboxylic acids is 1. The van der Waals surface area contributed by atoms with E-state index < -0.39 is 6.09 Å². The maximum Gasteiger partial charge on any atom is 0.407 e. The first-order chi connectivity index (χ1) is 16.6. The molecule has 3 aromatic rings. The molecule has 0 radical (unpaired) electrons. The fourth-order valence-electron chi connectivity index (χ4n) is 4.48. The van der Waals surface area contributed by atoms with Gasteiger partial charge in [-0.3, -0.25) is 9.69 Å². The minimum Gasteiger partial charge on any atom is -0.465 e. The Morgan fingerprint density at radius 1 is 1.20 bits per heavy atom. The van der Waals surface area contributed by atoms with Gasteiger partial charge in [0.2, 0.25) is 11.8 Å². The van der Waals surface area contributed by atoms with E-state index in [2.05, 4.69) is 15.3 Å². The van der Waals surface area contributed by atoms with Gasteiger partial charge >= 0.3 is 6.09 Å². The summed E-state index contributed by atoms with van der Waals surface area (Å²) < 4.78 is 5.73. The zero-order valence-corrected chi connectivity index (χ0v) is 20.4. The first-order valence-electron chi connectivity index (χ1n) is 10.8. The Labute approximate surface area is 211 Å². The van der Waals surface area contributed by atoms with E-state index in [0.717, 1.165) is 11.1 Å². The van der Waals surface area contributed by atoms with E-state index in [4.69, 9.17) is 27.9 Å². The maximum absolute atomic E-state index is 13.1. The van der Waals surface area contributed by atoms with E-state index in [1.165, 1.54) is 16.0 Å². The monoisotopic (exact) mass is 513 g/mol. The van der Waals surface area contributed by atoms with Gasteiger partial charge in [-0.1, -0.05) is 49.2 Å². The van der Waals surface area contributed by atoms with Gasteiger partial charge in [-0.2, -0.15) is 4.98 Å². The Hall–Kier alpha value is -3.56. The molecule has 0 bridgehead atoms. The van der Waals surface area contributed by atoms with Crippen LogP contribution in [-0.4, -0.2) is 45.3 Å². The Bertz CT molecular complexity index is 1340. The number of ether oxygens (including phenoxy) is 1. The number of nitrogens with one attached hydrogen (secondary N) is 1. The fourth-order valence-corrected chi connectivity index (χ4v) is 5.08. The molecule has 0 saturated carbocycles. The highest BCUT2D eigenvalue weighted by molar-refractivity contribution is 6.40. The van der Waals surface area contributed by atoms with Crippen molar-refractivity contribution in [2.75, 3.05) is 23.5 Å². The molecule has 9 nitrogen and oxygen atoms in total. The van der Waals surface area contributed by atoms with Gasteiger partial charge in [-0.15, -0.1) is 0 Å². The lowest BCUT2D eigenvalue weighted by atomic mass is 9.78. The van der Waals surface area contributed by atoms with Crippen molar-refractivity contribution < 1.29 is 19.4 Å². The van der Waals surface area contributed by atoms with Crippen LogP contribution in [-0.2, 0) is 12.0 Å². The minimum absolute atomic E-state index is 0.106. The number of hydrogen-bond acceptors (Lipinski definition) is 6. The standard InChI is InChI=1S/C24H21Cl2N5O4/c1-24(2)11-30(23(33)34)10-13-8-14(6-7-16(13)24)28-22-27-9-15-20(29-22)35-12-31(21(15)32)19-17(25)4-3-5-18(19)26/h3-9H,10-12H2,1-2H3,(H,33,34)(H,27,28,29). The maximum atomic E-state index is 13.1. The van der Waals surface area contributed by atoms with Crippen LogP contribution >= 0.6 is 23.2 Å². The van der Waals surface area contributed by atoms with E-state index in [1.54, 1.807) is 18.2 Å². The van der Waals surface area contributed by atoms with Crippen LogP contribution in [0.1, 0.15) is 35.3 Å². The van der Waals surface area contributed by atoms with Gasteiger partial charge in [0, 0.05) is 30.4 Å². The number of fused-ring (bicyclic) bond motifs is 2. The molecule has 2 aliphatic rings. The van der Waals surface area contributed by atoms with Crippen molar-refractivity contribution in [3.05, 3.63) is 69.3 Å². The van der Waals surface area contributed by atoms with Crippen molar-refractivity contribution in [2.24, 2.45) is 0 Å². The minimum atomic E-state index is -0.950. The van der Waals surface area contributed by atoms with Gasteiger partial charge in [0.1, 0.15) is 5.56 Å². The first-order valence-corrected chi connectivity index (χ1v) is 11.5. The molecule has 0 atom stereocenters. The molecule has 2 aliphatic heterocycles. The van der Waals surface area contributed by atoms with Crippen molar-refractivity contribution in [2.45, 2.75) is 25.8 Å². The number of para-hydroxylation sites is 1. The van der Waals surface area contributed by atoms with Crippen molar-refractivity contribution >= 4 is 52.5 Å². The van der Waals surface area contributed by atoms with E-state index in [0.29, 0.717) is 34.5 Å². The SMILES string of the molecule is CC1(C)CN(C(=O)O)Cc2cc(Nc3ncc4c(n3)OCN(c3c(Cl)cccc3Cl)C4=O)ccc21. The van der Waals surface area contributed by atoms with E-state index in [-0.39, 0.29) is 35.4 Å². The van der Waals surface area contributed by atoms with Gasteiger partial charge < -0.3 is 20.1 Å². The summed E-state index contributed by atoms with van der Waals surface area (Å²) in [7, 11) is 0. The van der Waals surface area contributed by atoms with Crippen LogP contribution in [0.25, 0.3) is 0 Å². The number of rotatable bonds is 3. The second-order valence-electron chi connectivity index (χ2n) is 9.01. The van der Waals surface area contributed by atoms with Crippen LogP contribution in [0, 0.1) is 0 Å². The molecule has 3 heterocycles. The number of halogens is 2. The number of carboxylic acid groups (broad SMARTS) is 1. The zero-order valence-electron chi connectivity index (χ0n) is 18.9. The average Bonchev–Trinajstić information content (AvgIpc) is 2.79. The summed E-state index contributed by atoms with van der Waals surface area (Å²) >= 11 is 12.5. The van der Waals surface area contributed by atoms with Crippen molar-refractivity contribution in [1.29, 1.82) is 0 Å². The highest BCUT2D eigenvalue weighted by Gasteiger charge is 2.34. The van der Waals surface area contributed by atoms with Crippen LogP contribution < -0.4 is 15.0 Å². The van der Waals surface area contributed by atoms with E-state index in [1.807, 2.05) is 32.0 Å². The van der Waals surface area contributed by atoms with E-state index in [9.17, 15) is 14.7 Å². The summed E-state index contributed by atoms with van der Waals surface area (Å²) in [6, 6.07) is 10.8. The molecular weight excluding hydrogens is 493 g/mol. The van der Waals surface area contributed by atoms with Gasteiger partial charge in [-0.25, -0.2) is 9.78 Å². The third-order valence-electron chi connectivity index (χ3n) is 6.08. The molecule has 2 aromatic carbocycles. The molecule has 180 valence electrons. The summed E-state index contributed by atoms with van der Waals surface area (Å²) in [6.45, 7) is 4.66. The Morgan fingerprint density at radius 2 is 1.94 bits per heavy atom. The number of carbonyl (C=O) groups is 2. The van der Waals surface area contributed by atoms with Gasteiger partial charge in [0.25, 0.3) is 5.91 Å². The highest BCUT2D eigenvalue weighted by Crippen LogP contribution is 2.38. The number of nitrogens with zero attached hydrogens (tertiary/aromatic N) is 4. The fraction of sp³-hybridized carbons (Fsp3) is 0.250.